The smallest absolute Gasteiger partial charge is 0.222 e. The fourth-order valence-corrected chi connectivity index (χ4v) is 3.05. The predicted octanol–water partition coefficient (Wildman–Crippen LogP) is 2.96. The van der Waals surface area contributed by atoms with Crippen LogP contribution in [-0.2, 0) is 16.1 Å². The first-order valence-corrected chi connectivity index (χ1v) is 8.89. The van der Waals surface area contributed by atoms with E-state index in [4.69, 9.17) is 10.5 Å². The van der Waals surface area contributed by atoms with Crippen molar-refractivity contribution in [2.45, 2.75) is 45.1 Å². The van der Waals surface area contributed by atoms with Crippen molar-refractivity contribution >= 4 is 5.91 Å². The molecule has 1 atom stereocenters. The zero-order valence-electron chi connectivity index (χ0n) is 14.1. The van der Waals surface area contributed by atoms with Gasteiger partial charge in [0.25, 0.3) is 0 Å². The largest absolute Gasteiger partial charge is 0.376 e. The summed E-state index contributed by atoms with van der Waals surface area (Å²) in [7, 11) is 0. The minimum absolute atomic E-state index is 0.309. The van der Waals surface area contributed by atoms with E-state index in [0.717, 1.165) is 58.3 Å². The van der Waals surface area contributed by atoms with E-state index in [9.17, 15) is 4.79 Å². The summed E-state index contributed by atoms with van der Waals surface area (Å²) in [5.74, 6) is 0.795. The summed E-state index contributed by atoms with van der Waals surface area (Å²) in [6.45, 7) is 3.91. The number of unbranched alkanes of at least 4 members (excludes halogenated alkanes) is 3. The first-order valence-electron chi connectivity index (χ1n) is 8.89. The van der Waals surface area contributed by atoms with Crippen molar-refractivity contribution in [1.82, 2.24) is 4.90 Å². The minimum Gasteiger partial charge on any atom is -0.376 e. The van der Waals surface area contributed by atoms with E-state index in [1.807, 2.05) is 23.1 Å². The van der Waals surface area contributed by atoms with Gasteiger partial charge in [-0.3, -0.25) is 4.79 Å². The van der Waals surface area contributed by atoms with Crippen molar-refractivity contribution in [3.8, 4) is 0 Å². The monoisotopic (exact) mass is 318 g/mol. The van der Waals surface area contributed by atoms with Crippen molar-refractivity contribution in [2.24, 2.45) is 11.7 Å². The number of ether oxygens (including phenoxy) is 1. The van der Waals surface area contributed by atoms with Crippen molar-refractivity contribution in [1.29, 1.82) is 0 Å². The lowest BCUT2D eigenvalue weighted by Crippen LogP contribution is -2.29. The van der Waals surface area contributed by atoms with E-state index in [0.29, 0.717) is 24.9 Å². The Morgan fingerprint density at radius 3 is 2.74 bits per heavy atom. The van der Waals surface area contributed by atoms with Crippen molar-refractivity contribution in [3.05, 3.63) is 35.9 Å². The van der Waals surface area contributed by atoms with Gasteiger partial charge >= 0.3 is 0 Å². The molecule has 1 aromatic rings. The number of nitrogens with two attached hydrogens (primary N) is 1. The topological polar surface area (TPSA) is 55.6 Å². The van der Waals surface area contributed by atoms with Crippen LogP contribution in [0.5, 0.6) is 0 Å². The summed E-state index contributed by atoms with van der Waals surface area (Å²) >= 11 is 0. The van der Waals surface area contributed by atoms with Gasteiger partial charge in [0.1, 0.15) is 0 Å². The summed E-state index contributed by atoms with van der Waals surface area (Å²) < 4.78 is 5.81. The van der Waals surface area contributed by atoms with Gasteiger partial charge in [-0.05, 0) is 31.4 Å². The normalized spacial score (nSPS) is 17.6. The summed E-state index contributed by atoms with van der Waals surface area (Å²) in [5.41, 5.74) is 6.68. The van der Waals surface area contributed by atoms with Crippen LogP contribution in [0.2, 0.25) is 0 Å². The van der Waals surface area contributed by atoms with Crippen LogP contribution in [0.25, 0.3) is 0 Å². The predicted molar refractivity (Wildman–Crippen MR) is 92.9 cm³/mol. The first kappa shape index (κ1) is 18.0. The third kappa shape index (κ3) is 6.71. The molecular weight excluding hydrogens is 288 g/mol. The van der Waals surface area contributed by atoms with Gasteiger partial charge in [-0.1, -0.05) is 43.2 Å². The second kappa shape index (κ2) is 10.4. The van der Waals surface area contributed by atoms with Gasteiger partial charge in [0.15, 0.2) is 0 Å². The standard InChI is InChI=1S/C19H30N2O2/c20-12-7-2-1-6-10-19(22)21-13-11-18(14-21)16-23-15-17-8-4-3-5-9-17/h3-5,8-9,18H,1-2,6-7,10-16,20H2. The van der Waals surface area contributed by atoms with E-state index in [1.54, 1.807) is 0 Å². The number of rotatable bonds is 10. The molecule has 2 rings (SSSR count). The van der Waals surface area contributed by atoms with Crippen LogP contribution in [0, 0.1) is 5.92 Å². The molecule has 4 nitrogen and oxygen atoms in total. The summed E-state index contributed by atoms with van der Waals surface area (Å²) in [6, 6.07) is 10.2. The maximum absolute atomic E-state index is 12.2. The van der Waals surface area contributed by atoms with Gasteiger partial charge in [0.05, 0.1) is 13.2 Å². The molecule has 0 bridgehead atoms. The molecule has 1 heterocycles. The highest BCUT2D eigenvalue weighted by molar-refractivity contribution is 5.76. The molecule has 0 spiro atoms. The molecule has 0 saturated carbocycles. The quantitative estimate of drug-likeness (QED) is 0.675. The van der Waals surface area contributed by atoms with Crippen LogP contribution in [-0.4, -0.2) is 37.0 Å². The number of hydrogen-bond donors (Lipinski definition) is 1. The summed E-state index contributed by atoms with van der Waals surface area (Å²) in [5, 5.41) is 0. The van der Waals surface area contributed by atoms with Gasteiger partial charge in [0, 0.05) is 25.4 Å². The van der Waals surface area contributed by atoms with E-state index >= 15 is 0 Å². The molecule has 1 aliphatic heterocycles. The van der Waals surface area contributed by atoms with E-state index < -0.39 is 0 Å². The van der Waals surface area contributed by atoms with Gasteiger partial charge in [-0.25, -0.2) is 0 Å². The van der Waals surface area contributed by atoms with E-state index in [-0.39, 0.29) is 0 Å². The Hall–Kier alpha value is -1.39. The molecule has 1 saturated heterocycles. The SMILES string of the molecule is NCCCCCCC(=O)N1CCC(COCc2ccccc2)C1. The molecule has 1 aliphatic rings. The third-order valence-corrected chi connectivity index (χ3v) is 4.45. The Labute approximate surface area is 140 Å². The maximum atomic E-state index is 12.2. The van der Waals surface area contributed by atoms with Gasteiger partial charge in [0.2, 0.25) is 5.91 Å². The number of carbonyl (C=O) groups excluding carboxylic acids is 1. The van der Waals surface area contributed by atoms with Crippen LogP contribution in [0.4, 0.5) is 0 Å². The average Bonchev–Trinajstić information content (AvgIpc) is 3.04. The van der Waals surface area contributed by atoms with Crippen LogP contribution >= 0.6 is 0 Å². The lowest BCUT2D eigenvalue weighted by atomic mass is 10.1. The Balaban J connectivity index is 1.57. The number of likely N-dealkylation sites (tertiary alicyclic amines) is 1. The Morgan fingerprint density at radius 1 is 1.17 bits per heavy atom. The molecule has 4 heteroatoms. The molecule has 2 N–H and O–H groups in total. The lowest BCUT2D eigenvalue weighted by molar-refractivity contribution is -0.130. The van der Waals surface area contributed by atoms with E-state index in [2.05, 4.69) is 12.1 Å². The van der Waals surface area contributed by atoms with Crippen molar-refractivity contribution in [3.63, 3.8) is 0 Å². The molecule has 128 valence electrons. The molecule has 1 aromatic carbocycles. The van der Waals surface area contributed by atoms with Crippen LogP contribution in [0.15, 0.2) is 30.3 Å². The highest BCUT2D eigenvalue weighted by Crippen LogP contribution is 2.19. The minimum atomic E-state index is 0.309. The van der Waals surface area contributed by atoms with Crippen LogP contribution < -0.4 is 5.73 Å². The third-order valence-electron chi connectivity index (χ3n) is 4.45. The Kier molecular flexibility index (Phi) is 8.12. The molecule has 0 aromatic heterocycles. The second-order valence-electron chi connectivity index (χ2n) is 6.45. The molecular formula is C19H30N2O2. The molecule has 0 aliphatic carbocycles. The summed E-state index contributed by atoms with van der Waals surface area (Å²) in [6.07, 6.45) is 6.05. The van der Waals surface area contributed by atoms with Gasteiger partial charge in [-0.15, -0.1) is 0 Å². The average molecular weight is 318 g/mol. The molecule has 1 amide bonds. The highest BCUT2D eigenvalue weighted by atomic mass is 16.5. The fraction of sp³-hybridized carbons (Fsp3) is 0.632. The number of hydrogen-bond acceptors (Lipinski definition) is 3. The number of amides is 1. The lowest BCUT2D eigenvalue weighted by Gasteiger charge is -2.16. The van der Waals surface area contributed by atoms with Crippen molar-refractivity contribution < 1.29 is 9.53 Å². The van der Waals surface area contributed by atoms with Crippen molar-refractivity contribution in [2.75, 3.05) is 26.2 Å². The zero-order chi connectivity index (χ0) is 16.3. The molecule has 1 unspecified atom stereocenters. The fourth-order valence-electron chi connectivity index (χ4n) is 3.05. The molecule has 0 radical (unpaired) electrons. The number of benzene rings is 1. The van der Waals surface area contributed by atoms with Crippen LogP contribution in [0.3, 0.4) is 0 Å². The number of carbonyl (C=O) groups is 1. The first-order chi connectivity index (χ1) is 11.3. The maximum Gasteiger partial charge on any atom is 0.222 e. The molecule has 23 heavy (non-hydrogen) atoms. The van der Waals surface area contributed by atoms with Crippen LogP contribution in [0.1, 0.15) is 44.1 Å². The van der Waals surface area contributed by atoms with E-state index in [1.165, 1.54) is 5.56 Å². The summed E-state index contributed by atoms with van der Waals surface area (Å²) in [4.78, 5) is 14.2. The van der Waals surface area contributed by atoms with Gasteiger partial charge < -0.3 is 15.4 Å². The molecule has 1 fully saturated rings. The number of nitrogens with zero attached hydrogens (tertiary/aromatic N) is 1. The highest BCUT2D eigenvalue weighted by Gasteiger charge is 2.25. The Morgan fingerprint density at radius 2 is 1.96 bits per heavy atom. The second-order valence-corrected chi connectivity index (χ2v) is 6.45. The van der Waals surface area contributed by atoms with Gasteiger partial charge in [-0.2, -0.15) is 0 Å². The zero-order valence-corrected chi connectivity index (χ0v) is 14.1. The Bertz CT molecular complexity index is 450.